The first-order valence-corrected chi connectivity index (χ1v) is 9.09. The Bertz CT molecular complexity index is 789. The summed E-state index contributed by atoms with van der Waals surface area (Å²) in [5, 5.41) is 3.44. The lowest BCUT2D eigenvalue weighted by molar-refractivity contribution is -0.175. The third kappa shape index (κ3) is 2.80. The largest absolute Gasteiger partial charge is 0.450 e. The second-order valence-corrected chi connectivity index (χ2v) is 7.26. The molecule has 1 amide bonds. The van der Waals surface area contributed by atoms with Gasteiger partial charge in [-0.2, -0.15) is 0 Å². The SMILES string of the molecule is O=C1O[C@@H](Cc2csc(-c3ccc(Cl)cc3)n2)C(=O)N2CCC[C@@H]12. The van der Waals surface area contributed by atoms with Crippen LogP contribution in [-0.2, 0) is 20.7 Å². The smallest absolute Gasteiger partial charge is 0.329 e. The van der Waals surface area contributed by atoms with Crippen molar-refractivity contribution in [2.24, 2.45) is 0 Å². The summed E-state index contributed by atoms with van der Waals surface area (Å²) in [5.41, 5.74) is 1.73. The van der Waals surface area contributed by atoms with Crippen LogP contribution in [0.3, 0.4) is 0 Å². The third-order valence-electron chi connectivity index (χ3n) is 4.38. The minimum Gasteiger partial charge on any atom is -0.450 e. The molecular weight excluding hydrogens is 348 g/mol. The molecule has 0 aliphatic carbocycles. The number of hydrogen-bond donors (Lipinski definition) is 0. The molecular formula is C17H15ClN2O3S. The normalized spacial score (nSPS) is 23.3. The second kappa shape index (κ2) is 6.18. The molecule has 4 rings (SSSR count). The number of fused-ring (bicyclic) bond motifs is 1. The van der Waals surface area contributed by atoms with Gasteiger partial charge in [-0.25, -0.2) is 9.78 Å². The van der Waals surface area contributed by atoms with E-state index in [1.165, 1.54) is 11.3 Å². The molecule has 0 spiro atoms. The third-order valence-corrected chi connectivity index (χ3v) is 5.57. The molecule has 0 saturated carbocycles. The molecule has 2 aliphatic rings. The molecule has 3 heterocycles. The molecule has 7 heteroatoms. The van der Waals surface area contributed by atoms with Gasteiger partial charge in [-0.1, -0.05) is 23.7 Å². The molecule has 0 unspecified atom stereocenters. The van der Waals surface area contributed by atoms with E-state index in [1.54, 1.807) is 4.90 Å². The van der Waals surface area contributed by atoms with Crippen LogP contribution in [0.15, 0.2) is 29.6 Å². The van der Waals surface area contributed by atoms with Crippen LogP contribution in [0, 0.1) is 0 Å². The number of morpholine rings is 1. The Kier molecular flexibility index (Phi) is 4.02. The predicted molar refractivity (Wildman–Crippen MR) is 90.9 cm³/mol. The highest BCUT2D eigenvalue weighted by molar-refractivity contribution is 7.13. The van der Waals surface area contributed by atoms with Crippen molar-refractivity contribution in [3.05, 3.63) is 40.4 Å². The predicted octanol–water partition coefficient (Wildman–Crippen LogP) is 2.92. The lowest BCUT2D eigenvalue weighted by Gasteiger charge is -2.33. The van der Waals surface area contributed by atoms with Gasteiger partial charge in [0.25, 0.3) is 5.91 Å². The van der Waals surface area contributed by atoms with Crippen molar-refractivity contribution in [3.8, 4) is 10.6 Å². The minimum atomic E-state index is -0.757. The lowest BCUT2D eigenvalue weighted by Crippen LogP contribution is -2.54. The Labute approximate surface area is 148 Å². The average molecular weight is 363 g/mol. The first-order chi connectivity index (χ1) is 11.6. The van der Waals surface area contributed by atoms with E-state index >= 15 is 0 Å². The number of thiazole rings is 1. The molecule has 1 aromatic carbocycles. The number of amides is 1. The van der Waals surface area contributed by atoms with Crippen molar-refractivity contribution >= 4 is 34.8 Å². The molecule has 2 aromatic rings. The zero-order valence-electron chi connectivity index (χ0n) is 12.8. The van der Waals surface area contributed by atoms with Crippen molar-refractivity contribution in [1.29, 1.82) is 0 Å². The number of esters is 1. The molecule has 1 aromatic heterocycles. The molecule has 5 nitrogen and oxygen atoms in total. The Morgan fingerprint density at radius 2 is 2.08 bits per heavy atom. The first-order valence-electron chi connectivity index (χ1n) is 7.83. The minimum absolute atomic E-state index is 0.0989. The molecule has 2 aliphatic heterocycles. The topological polar surface area (TPSA) is 59.5 Å². The number of carbonyl (C=O) groups is 2. The van der Waals surface area contributed by atoms with E-state index in [1.807, 2.05) is 29.6 Å². The van der Waals surface area contributed by atoms with Crippen LogP contribution < -0.4 is 0 Å². The Morgan fingerprint density at radius 3 is 2.88 bits per heavy atom. The van der Waals surface area contributed by atoms with Crippen LogP contribution in [0.25, 0.3) is 10.6 Å². The van der Waals surface area contributed by atoms with Crippen LogP contribution in [0.5, 0.6) is 0 Å². The van der Waals surface area contributed by atoms with Crippen molar-refractivity contribution in [1.82, 2.24) is 9.88 Å². The van der Waals surface area contributed by atoms with Crippen molar-refractivity contribution in [2.45, 2.75) is 31.4 Å². The summed E-state index contributed by atoms with van der Waals surface area (Å²) in [7, 11) is 0. The summed E-state index contributed by atoms with van der Waals surface area (Å²) in [5.74, 6) is -0.386. The summed E-state index contributed by atoms with van der Waals surface area (Å²) >= 11 is 7.40. The van der Waals surface area contributed by atoms with E-state index in [4.69, 9.17) is 16.3 Å². The first kappa shape index (κ1) is 15.6. The summed E-state index contributed by atoms with van der Waals surface area (Å²) in [4.78, 5) is 30.7. The molecule has 2 atom stereocenters. The standard InChI is InChI=1S/C17H15ClN2O3S/c18-11-5-3-10(4-6-11)15-19-12(9-24-15)8-14-16(21)20-7-1-2-13(20)17(22)23-14/h3-6,9,13-14H,1-2,7-8H2/t13-,14-/m0/s1. The lowest BCUT2D eigenvalue weighted by atomic mass is 10.1. The van der Waals surface area contributed by atoms with Crippen LogP contribution in [0.2, 0.25) is 5.02 Å². The maximum atomic E-state index is 12.5. The van der Waals surface area contributed by atoms with E-state index in [9.17, 15) is 9.59 Å². The average Bonchev–Trinajstić information content (AvgIpc) is 3.23. The van der Waals surface area contributed by atoms with Gasteiger partial charge in [0, 0.05) is 28.9 Å². The van der Waals surface area contributed by atoms with Crippen molar-refractivity contribution in [3.63, 3.8) is 0 Å². The van der Waals surface area contributed by atoms with Gasteiger partial charge < -0.3 is 9.64 Å². The number of ether oxygens (including phenoxy) is 1. The number of hydrogen-bond acceptors (Lipinski definition) is 5. The number of carbonyl (C=O) groups excluding carboxylic acids is 2. The number of nitrogens with zero attached hydrogens (tertiary/aromatic N) is 2. The van der Waals surface area contributed by atoms with E-state index in [0.29, 0.717) is 24.4 Å². The zero-order chi connectivity index (χ0) is 16.7. The van der Waals surface area contributed by atoms with Gasteiger partial charge in [-0.15, -0.1) is 11.3 Å². The quantitative estimate of drug-likeness (QED) is 0.788. The van der Waals surface area contributed by atoms with Gasteiger partial charge in [0.15, 0.2) is 6.10 Å². The molecule has 124 valence electrons. The van der Waals surface area contributed by atoms with Gasteiger partial charge >= 0.3 is 5.97 Å². The number of halogens is 1. The highest BCUT2D eigenvalue weighted by Crippen LogP contribution is 2.29. The molecule has 2 fully saturated rings. The van der Waals surface area contributed by atoms with Crippen LogP contribution in [-0.4, -0.2) is 40.5 Å². The highest BCUT2D eigenvalue weighted by atomic mass is 35.5. The fourth-order valence-corrected chi connectivity index (χ4v) is 4.14. The van der Waals surface area contributed by atoms with E-state index in [0.717, 1.165) is 22.7 Å². The summed E-state index contributed by atoms with van der Waals surface area (Å²) < 4.78 is 5.36. The fraction of sp³-hybridized carbons (Fsp3) is 0.353. The molecule has 0 radical (unpaired) electrons. The van der Waals surface area contributed by atoms with Crippen molar-refractivity contribution in [2.75, 3.05) is 6.54 Å². The van der Waals surface area contributed by atoms with Crippen LogP contribution >= 0.6 is 22.9 Å². The molecule has 0 N–H and O–H groups in total. The molecule has 24 heavy (non-hydrogen) atoms. The van der Waals surface area contributed by atoms with Gasteiger partial charge in [0.05, 0.1) is 5.69 Å². The Balaban J connectivity index is 1.50. The van der Waals surface area contributed by atoms with Gasteiger partial charge in [-0.3, -0.25) is 4.79 Å². The molecule has 2 saturated heterocycles. The zero-order valence-corrected chi connectivity index (χ0v) is 14.3. The second-order valence-electron chi connectivity index (χ2n) is 5.97. The van der Waals surface area contributed by atoms with Crippen LogP contribution in [0.4, 0.5) is 0 Å². The maximum absolute atomic E-state index is 12.5. The molecule has 0 bridgehead atoms. The number of rotatable bonds is 3. The highest BCUT2D eigenvalue weighted by Gasteiger charge is 2.44. The monoisotopic (exact) mass is 362 g/mol. The van der Waals surface area contributed by atoms with Gasteiger partial charge in [0.1, 0.15) is 11.0 Å². The Hall–Kier alpha value is -1.92. The van der Waals surface area contributed by atoms with Crippen LogP contribution in [0.1, 0.15) is 18.5 Å². The number of benzene rings is 1. The van der Waals surface area contributed by atoms with Gasteiger partial charge in [-0.05, 0) is 25.0 Å². The maximum Gasteiger partial charge on any atom is 0.329 e. The van der Waals surface area contributed by atoms with E-state index in [2.05, 4.69) is 4.98 Å². The summed E-state index contributed by atoms with van der Waals surface area (Å²) in [6.45, 7) is 0.641. The summed E-state index contributed by atoms with van der Waals surface area (Å²) in [6, 6.07) is 7.07. The number of cyclic esters (lactones) is 1. The van der Waals surface area contributed by atoms with Gasteiger partial charge in [0.2, 0.25) is 0 Å². The van der Waals surface area contributed by atoms with E-state index < -0.39 is 6.10 Å². The Morgan fingerprint density at radius 1 is 1.29 bits per heavy atom. The van der Waals surface area contributed by atoms with E-state index in [-0.39, 0.29) is 17.9 Å². The number of aromatic nitrogens is 1. The summed E-state index contributed by atoms with van der Waals surface area (Å²) in [6.07, 6.45) is 1.12. The fourth-order valence-electron chi connectivity index (χ4n) is 3.17. The van der Waals surface area contributed by atoms with Crippen molar-refractivity contribution < 1.29 is 14.3 Å².